The fourth-order valence-corrected chi connectivity index (χ4v) is 3.04. The van der Waals surface area contributed by atoms with Gasteiger partial charge in [0.15, 0.2) is 0 Å². The van der Waals surface area contributed by atoms with Crippen LogP contribution in [0.1, 0.15) is 17.9 Å². The molecule has 1 N–H and O–H groups in total. The molecule has 1 aromatic carbocycles. The Hall–Kier alpha value is -0.540. The van der Waals surface area contributed by atoms with Gasteiger partial charge in [0.1, 0.15) is 5.75 Å². The van der Waals surface area contributed by atoms with E-state index in [0.717, 1.165) is 35.8 Å². The number of ether oxygens (including phenoxy) is 1. The summed E-state index contributed by atoms with van der Waals surface area (Å²) in [6.07, 6.45) is 1.17. The molecule has 1 saturated heterocycles. The molecule has 0 spiro atoms. The van der Waals surface area contributed by atoms with Gasteiger partial charge in [-0.3, -0.25) is 0 Å². The monoisotopic (exact) mass is 267 g/mol. The molecule has 2 aliphatic heterocycles. The second-order valence-corrected chi connectivity index (χ2v) is 5.26. The number of benzene rings is 1. The third-order valence-corrected chi connectivity index (χ3v) is 3.95. The normalized spacial score (nSPS) is 28.9. The second-order valence-electron chi connectivity index (χ2n) is 4.34. The van der Waals surface area contributed by atoms with E-state index in [2.05, 4.69) is 39.4 Å². The van der Waals surface area contributed by atoms with Crippen molar-refractivity contribution >= 4 is 15.9 Å². The van der Waals surface area contributed by atoms with Crippen molar-refractivity contribution < 1.29 is 4.74 Å². The first kappa shape index (κ1) is 9.67. The highest BCUT2D eigenvalue weighted by Crippen LogP contribution is 2.39. The molecule has 0 saturated carbocycles. The molecule has 3 rings (SSSR count). The SMILES string of the molecule is Brc1ccc2c(c1)[C@H]1CNCC1CCO2. The first-order valence-electron chi connectivity index (χ1n) is 5.47. The average molecular weight is 268 g/mol. The van der Waals surface area contributed by atoms with E-state index in [4.69, 9.17) is 4.74 Å². The average Bonchev–Trinajstić information content (AvgIpc) is 2.62. The van der Waals surface area contributed by atoms with Gasteiger partial charge in [-0.1, -0.05) is 15.9 Å². The predicted octanol–water partition coefficient (Wildman–Crippen LogP) is 2.53. The number of nitrogens with one attached hydrogen (secondary N) is 1. The third-order valence-electron chi connectivity index (χ3n) is 3.46. The number of rotatable bonds is 0. The first-order chi connectivity index (χ1) is 7.34. The fraction of sp³-hybridized carbons (Fsp3) is 0.500. The molecule has 1 unspecified atom stereocenters. The van der Waals surface area contributed by atoms with Crippen molar-refractivity contribution in [2.45, 2.75) is 12.3 Å². The molecule has 0 amide bonds. The fourth-order valence-electron chi connectivity index (χ4n) is 2.66. The van der Waals surface area contributed by atoms with E-state index in [1.165, 1.54) is 12.0 Å². The molecule has 80 valence electrons. The summed E-state index contributed by atoms with van der Waals surface area (Å²) in [6.45, 7) is 3.09. The summed E-state index contributed by atoms with van der Waals surface area (Å²) >= 11 is 3.54. The molecule has 15 heavy (non-hydrogen) atoms. The molecule has 0 aliphatic carbocycles. The Morgan fingerprint density at radius 1 is 1.33 bits per heavy atom. The zero-order valence-corrected chi connectivity index (χ0v) is 10.1. The lowest BCUT2D eigenvalue weighted by molar-refractivity contribution is 0.296. The molecular formula is C12H14BrNO. The topological polar surface area (TPSA) is 21.3 Å². The van der Waals surface area contributed by atoms with Crippen molar-refractivity contribution in [1.29, 1.82) is 0 Å². The molecule has 2 heterocycles. The van der Waals surface area contributed by atoms with Crippen LogP contribution in [0.25, 0.3) is 0 Å². The number of halogens is 1. The third kappa shape index (κ3) is 1.68. The van der Waals surface area contributed by atoms with Crippen LogP contribution in [0.5, 0.6) is 5.75 Å². The van der Waals surface area contributed by atoms with Crippen LogP contribution < -0.4 is 10.1 Å². The van der Waals surface area contributed by atoms with Crippen LogP contribution in [0, 0.1) is 5.92 Å². The maximum Gasteiger partial charge on any atom is 0.122 e. The van der Waals surface area contributed by atoms with Gasteiger partial charge < -0.3 is 10.1 Å². The molecule has 2 nitrogen and oxygen atoms in total. The van der Waals surface area contributed by atoms with Crippen molar-refractivity contribution in [2.75, 3.05) is 19.7 Å². The molecular weight excluding hydrogens is 254 g/mol. The van der Waals surface area contributed by atoms with Crippen LogP contribution in [0.15, 0.2) is 22.7 Å². The van der Waals surface area contributed by atoms with E-state index in [-0.39, 0.29) is 0 Å². The van der Waals surface area contributed by atoms with Crippen LogP contribution in [-0.4, -0.2) is 19.7 Å². The highest BCUT2D eigenvalue weighted by molar-refractivity contribution is 9.10. The Balaban J connectivity index is 2.06. The molecule has 1 fully saturated rings. The maximum atomic E-state index is 5.79. The van der Waals surface area contributed by atoms with E-state index in [1.54, 1.807) is 0 Å². The molecule has 0 radical (unpaired) electrons. The van der Waals surface area contributed by atoms with Gasteiger partial charge in [-0.05, 0) is 42.6 Å². The Bertz CT molecular complexity index is 380. The van der Waals surface area contributed by atoms with Crippen molar-refractivity contribution in [1.82, 2.24) is 5.32 Å². The predicted molar refractivity (Wildman–Crippen MR) is 63.4 cm³/mol. The highest BCUT2D eigenvalue weighted by Gasteiger charge is 2.32. The van der Waals surface area contributed by atoms with Gasteiger partial charge in [0, 0.05) is 16.9 Å². The van der Waals surface area contributed by atoms with Gasteiger partial charge in [-0.2, -0.15) is 0 Å². The lowest BCUT2D eigenvalue weighted by Gasteiger charge is -2.15. The van der Waals surface area contributed by atoms with Crippen LogP contribution in [0.3, 0.4) is 0 Å². The van der Waals surface area contributed by atoms with Crippen molar-refractivity contribution in [3.8, 4) is 5.75 Å². The van der Waals surface area contributed by atoms with Gasteiger partial charge in [-0.15, -0.1) is 0 Å². The van der Waals surface area contributed by atoms with E-state index in [1.807, 2.05) is 0 Å². The minimum absolute atomic E-state index is 0.639. The lowest BCUT2D eigenvalue weighted by atomic mass is 9.87. The smallest absolute Gasteiger partial charge is 0.122 e. The molecule has 0 bridgehead atoms. The zero-order valence-electron chi connectivity index (χ0n) is 8.50. The first-order valence-corrected chi connectivity index (χ1v) is 6.27. The number of hydrogen-bond acceptors (Lipinski definition) is 2. The molecule has 1 aromatic rings. The van der Waals surface area contributed by atoms with E-state index >= 15 is 0 Å². The van der Waals surface area contributed by atoms with Crippen molar-refractivity contribution in [3.63, 3.8) is 0 Å². The summed E-state index contributed by atoms with van der Waals surface area (Å²) in [5.74, 6) is 2.47. The van der Waals surface area contributed by atoms with Crippen LogP contribution in [-0.2, 0) is 0 Å². The van der Waals surface area contributed by atoms with Crippen LogP contribution in [0.4, 0.5) is 0 Å². The summed E-state index contributed by atoms with van der Waals surface area (Å²) in [7, 11) is 0. The summed E-state index contributed by atoms with van der Waals surface area (Å²) in [4.78, 5) is 0. The molecule has 2 atom stereocenters. The Morgan fingerprint density at radius 2 is 2.27 bits per heavy atom. The van der Waals surface area contributed by atoms with Crippen molar-refractivity contribution in [3.05, 3.63) is 28.2 Å². The van der Waals surface area contributed by atoms with E-state index in [0.29, 0.717) is 5.92 Å². The lowest BCUT2D eigenvalue weighted by Crippen LogP contribution is -2.11. The molecule has 2 aliphatic rings. The number of hydrogen-bond donors (Lipinski definition) is 1. The Morgan fingerprint density at radius 3 is 3.20 bits per heavy atom. The quantitative estimate of drug-likeness (QED) is 0.780. The minimum atomic E-state index is 0.639. The van der Waals surface area contributed by atoms with Gasteiger partial charge in [0.25, 0.3) is 0 Å². The standard InChI is InChI=1S/C12H14BrNO/c13-9-1-2-12-10(5-9)11-7-14-6-8(11)3-4-15-12/h1-2,5,8,11,14H,3-4,6-7H2/t8?,11-/m0/s1. The maximum absolute atomic E-state index is 5.79. The van der Waals surface area contributed by atoms with E-state index < -0.39 is 0 Å². The zero-order chi connectivity index (χ0) is 10.3. The molecule has 3 heteroatoms. The minimum Gasteiger partial charge on any atom is -0.493 e. The summed E-state index contributed by atoms with van der Waals surface area (Å²) in [5.41, 5.74) is 1.37. The summed E-state index contributed by atoms with van der Waals surface area (Å²) in [5, 5.41) is 3.48. The van der Waals surface area contributed by atoms with E-state index in [9.17, 15) is 0 Å². The van der Waals surface area contributed by atoms with Crippen LogP contribution >= 0.6 is 15.9 Å². The van der Waals surface area contributed by atoms with Gasteiger partial charge in [-0.25, -0.2) is 0 Å². The second kappa shape index (κ2) is 3.80. The highest BCUT2D eigenvalue weighted by atomic mass is 79.9. The largest absolute Gasteiger partial charge is 0.493 e. The van der Waals surface area contributed by atoms with Gasteiger partial charge in [0.05, 0.1) is 6.61 Å². The summed E-state index contributed by atoms with van der Waals surface area (Å²) < 4.78 is 6.94. The van der Waals surface area contributed by atoms with Gasteiger partial charge >= 0.3 is 0 Å². The molecule has 0 aromatic heterocycles. The van der Waals surface area contributed by atoms with Crippen molar-refractivity contribution in [2.24, 2.45) is 5.92 Å². The van der Waals surface area contributed by atoms with Gasteiger partial charge in [0.2, 0.25) is 0 Å². The Labute approximate surface area is 98.1 Å². The van der Waals surface area contributed by atoms with Crippen LogP contribution in [0.2, 0.25) is 0 Å². The number of fused-ring (bicyclic) bond motifs is 3. The summed E-state index contributed by atoms with van der Waals surface area (Å²) in [6, 6.07) is 6.35. The Kier molecular flexibility index (Phi) is 2.45.